The van der Waals surface area contributed by atoms with Gasteiger partial charge in [-0.2, -0.15) is 0 Å². The van der Waals surface area contributed by atoms with Crippen LogP contribution in [0, 0.1) is 0 Å². The molecule has 2 aromatic rings. The van der Waals surface area contributed by atoms with Gasteiger partial charge in [-0.25, -0.2) is 9.78 Å². The van der Waals surface area contributed by atoms with Gasteiger partial charge in [0.2, 0.25) is 0 Å². The number of aromatic nitrogens is 1. The Morgan fingerprint density at radius 1 is 1.19 bits per heavy atom. The number of piperidine rings is 1. The van der Waals surface area contributed by atoms with Crippen molar-refractivity contribution in [3.05, 3.63) is 59.3 Å². The molecule has 1 aromatic carbocycles. The van der Waals surface area contributed by atoms with Crippen LogP contribution in [-0.2, 0) is 11.2 Å². The molecule has 2 fully saturated rings. The molecule has 2 unspecified atom stereocenters. The third kappa shape index (κ3) is 3.69. The number of amides is 2. The second-order valence-electron chi connectivity index (χ2n) is 8.41. The zero-order valence-corrected chi connectivity index (χ0v) is 18.5. The van der Waals surface area contributed by atoms with E-state index in [1.807, 2.05) is 34.1 Å². The topological polar surface area (TPSA) is 62.7 Å². The van der Waals surface area contributed by atoms with Gasteiger partial charge in [-0.1, -0.05) is 31.2 Å². The van der Waals surface area contributed by atoms with Crippen LogP contribution in [0.25, 0.3) is 0 Å². The molecule has 1 aromatic heterocycles. The molecule has 0 saturated carbocycles. The highest BCUT2D eigenvalue weighted by Crippen LogP contribution is 2.44. The Hall–Kier alpha value is -2.54. The molecule has 2 amide bonds. The molecule has 2 atom stereocenters. The Labute approximate surface area is 187 Å². The summed E-state index contributed by atoms with van der Waals surface area (Å²) >= 11 is 1.64. The Balaban J connectivity index is 1.28. The standard InChI is InChI=1S/C24H27N3O3S/c1-2-14-31-22-19(8-5-11-25-22)23(28)26-12-9-17(10-13-26)27-21-18-7-4-3-6-16(18)15-20(21)30-24(27)29/h3-8,11,17,20-21H,2,9-10,12-15H2,1H3. The lowest BCUT2D eigenvalue weighted by Crippen LogP contribution is -2.48. The van der Waals surface area contributed by atoms with Crippen LogP contribution in [0.3, 0.4) is 0 Å². The van der Waals surface area contributed by atoms with Crippen molar-refractivity contribution in [2.24, 2.45) is 0 Å². The van der Waals surface area contributed by atoms with Gasteiger partial charge in [0.05, 0.1) is 11.6 Å². The first-order valence-corrected chi connectivity index (χ1v) is 12.1. The van der Waals surface area contributed by atoms with Gasteiger partial charge in [0.15, 0.2) is 0 Å². The first-order valence-electron chi connectivity index (χ1n) is 11.1. The molecular weight excluding hydrogens is 410 g/mol. The van der Waals surface area contributed by atoms with E-state index in [0.29, 0.717) is 18.7 Å². The predicted molar refractivity (Wildman–Crippen MR) is 119 cm³/mol. The van der Waals surface area contributed by atoms with Crippen molar-refractivity contribution in [2.75, 3.05) is 18.8 Å². The van der Waals surface area contributed by atoms with Crippen molar-refractivity contribution in [1.82, 2.24) is 14.8 Å². The maximum atomic E-state index is 13.2. The van der Waals surface area contributed by atoms with E-state index < -0.39 is 0 Å². The van der Waals surface area contributed by atoms with Crippen molar-refractivity contribution >= 4 is 23.8 Å². The molecule has 0 radical (unpaired) electrons. The van der Waals surface area contributed by atoms with Crippen LogP contribution in [0.5, 0.6) is 0 Å². The Morgan fingerprint density at radius 2 is 2.00 bits per heavy atom. The number of carbonyl (C=O) groups is 2. The summed E-state index contributed by atoms with van der Waals surface area (Å²) in [6.45, 7) is 3.40. The van der Waals surface area contributed by atoms with Crippen molar-refractivity contribution < 1.29 is 14.3 Å². The van der Waals surface area contributed by atoms with Gasteiger partial charge in [0.1, 0.15) is 11.1 Å². The molecule has 0 bridgehead atoms. The number of ether oxygens (including phenoxy) is 1. The quantitative estimate of drug-likeness (QED) is 0.653. The van der Waals surface area contributed by atoms with E-state index in [0.717, 1.165) is 36.5 Å². The van der Waals surface area contributed by atoms with Gasteiger partial charge in [0.25, 0.3) is 5.91 Å². The Kier molecular flexibility index (Phi) is 5.61. The molecule has 0 N–H and O–H groups in total. The van der Waals surface area contributed by atoms with Gasteiger partial charge >= 0.3 is 6.09 Å². The fraction of sp³-hybridized carbons (Fsp3) is 0.458. The molecule has 3 heterocycles. The summed E-state index contributed by atoms with van der Waals surface area (Å²) in [5.41, 5.74) is 3.17. The first kappa shape index (κ1) is 20.4. The molecule has 5 rings (SSSR count). The van der Waals surface area contributed by atoms with Crippen LogP contribution >= 0.6 is 11.8 Å². The minimum absolute atomic E-state index is 0.00585. The highest BCUT2D eigenvalue weighted by molar-refractivity contribution is 7.99. The smallest absolute Gasteiger partial charge is 0.411 e. The maximum absolute atomic E-state index is 13.2. The summed E-state index contributed by atoms with van der Waals surface area (Å²) in [4.78, 5) is 34.2. The van der Waals surface area contributed by atoms with Crippen molar-refractivity contribution in [3.8, 4) is 0 Å². The summed E-state index contributed by atoms with van der Waals surface area (Å²) in [6.07, 6.45) is 4.82. The van der Waals surface area contributed by atoms with E-state index in [-0.39, 0.29) is 30.2 Å². The summed E-state index contributed by atoms with van der Waals surface area (Å²) in [5.74, 6) is 0.985. The lowest BCUT2D eigenvalue weighted by molar-refractivity contribution is 0.0632. The number of benzene rings is 1. The Bertz CT molecular complexity index is 990. The van der Waals surface area contributed by atoms with E-state index in [2.05, 4.69) is 24.0 Å². The molecule has 6 nitrogen and oxygen atoms in total. The fourth-order valence-corrected chi connectivity index (χ4v) is 5.88. The minimum atomic E-state index is -0.209. The zero-order chi connectivity index (χ0) is 21.4. The number of hydrogen-bond donors (Lipinski definition) is 0. The van der Waals surface area contributed by atoms with E-state index in [9.17, 15) is 9.59 Å². The molecule has 2 aliphatic heterocycles. The number of thioether (sulfide) groups is 1. The molecule has 0 spiro atoms. The van der Waals surface area contributed by atoms with Crippen LogP contribution in [-0.4, -0.2) is 57.8 Å². The molecule has 162 valence electrons. The van der Waals surface area contributed by atoms with Gasteiger partial charge in [-0.05, 0) is 48.3 Å². The highest BCUT2D eigenvalue weighted by Gasteiger charge is 2.50. The number of nitrogens with zero attached hydrogens (tertiary/aromatic N) is 3. The number of fused-ring (bicyclic) bond motifs is 3. The van der Waals surface area contributed by atoms with Gasteiger partial charge in [0, 0.05) is 31.7 Å². The average Bonchev–Trinajstić information content (AvgIpc) is 3.31. The lowest BCUT2D eigenvalue weighted by Gasteiger charge is -2.38. The second-order valence-corrected chi connectivity index (χ2v) is 9.49. The van der Waals surface area contributed by atoms with Crippen LogP contribution < -0.4 is 0 Å². The summed E-state index contributed by atoms with van der Waals surface area (Å²) < 4.78 is 5.73. The zero-order valence-electron chi connectivity index (χ0n) is 17.7. The van der Waals surface area contributed by atoms with Crippen LogP contribution in [0.15, 0.2) is 47.6 Å². The van der Waals surface area contributed by atoms with Gasteiger partial charge < -0.3 is 9.64 Å². The van der Waals surface area contributed by atoms with Crippen molar-refractivity contribution in [1.29, 1.82) is 0 Å². The van der Waals surface area contributed by atoms with E-state index >= 15 is 0 Å². The third-order valence-electron chi connectivity index (χ3n) is 6.50. The Morgan fingerprint density at radius 3 is 2.81 bits per heavy atom. The van der Waals surface area contributed by atoms with E-state index in [4.69, 9.17) is 4.74 Å². The molecule has 3 aliphatic rings. The van der Waals surface area contributed by atoms with Crippen molar-refractivity contribution in [3.63, 3.8) is 0 Å². The highest BCUT2D eigenvalue weighted by atomic mass is 32.2. The average molecular weight is 438 g/mol. The summed E-state index contributed by atoms with van der Waals surface area (Å²) in [6, 6.07) is 12.1. The molecule has 31 heavy (non-hydrogen) atoms. The number of rotatable bonds is 5. The van der Waals surface area contributed by atoms with Crippen LogP contribution in [0.2, 0.25) is 0 Å². The number of carbonyl (C=O) groups excluding carboxylic acids is 2. The largest absolute Gasteiger partial charge is 0.443 e. The third-order valence-corrected chi connectivity index (χ3v) is 7.71. The minimum Gasteiger partial charge on any atom is -0.443 e. The molecule has 2 saturated heterocycles. The van der Waals surface area contributed by atoms with E-state index in [1.54, 1.807) is 18.0 Å². The monoisotopic (exact) mass is 437 g/mol. The van der Waals surface area contributed by atoms with Crippen LogP contribution in [0.1, 0.15) is 53.7 Å². The van der Waals surface area contributed by atoms with Crippen LogP contribution in [0.4, 0.5) is 4.79 Å². The van der Waals surface area contributed by atoms with Gasteiger partial charge in [-0.15, -0.1) is 11.8 Å². The lowest BCUT2D eigenvalue weighted by atomic mass is 9.98. The predicted octanol–water partition coefficient (Wildman–Crippen LogP) is 4.31. The number of hydrogen-bond acceptors (Lipinski definition) is 5. The second kappa shape index (κ2) is 8.54. The fourth-order valence-electron chi connectivity index (χ4n) is 5.04. The van der Waals surface area contributed by atoms with Crippen molar-refractivity contribution in [2.45, 2.75) is 55.8 Å². The maximum Gasteiger partial charge on any atom is 0.411 e. The number of pyridine rings is 1. The SMILES string of the molecule is CCCSc1ncccc1C(=O)N1CCC(N2C(=O)OC3Cc4ccccc4C32)CC1. The summed E-state index contributed by atoms with van der Waals surface area (Å²) in [7, 11) is 0. The normalized spacial score (nSPS) is 22.9. The first-order chi connectivity index (χ1) is 15.2. The molecule has 7 heteroatoms. The summed E-state index contributed by atoms with van der Waals surface area (Å²) in [5, 5.41) is 0.810. The molecular formula is C24H27N3O3S. The van der Waals surface area contributed by atoms with E-state index in [1.165, 1.54) is 11.1 Å². The van der Waals surface area contributed by atoms with Gasteiger partial charge in [-0.3, -0.25) is 9.69 Å². The number of likely N-dealkylation sites (tertiary alicyclic amines) is 1. The molecule has 1 aliphatic carbocycles.